The SMILES string of the molecule is C[C@H](c1ccc(F)c2ccccc12)N(C(=O)OC(C)(C)C)[C@H]1CC[C@@H](c2ccc(CC=O)cc2)C1. The number of rotatable bonds is 6. The third-order valence-corrected chi connectivity index (χ3v) is 6.94. The van der Waals surface area contributed by atoms with E-state index in [1.807, 2.05) is 62.9 Å². The van der Waals surface area contributed by atoms with Crippen LogP contribution in [0.4, 0.5) is 9.18 Å². The number of nitrogens with zero attached hydrogens (tertiary/aromatic N) is 1. The maximum atomic E-state index is 14.5. The molecule has 35 heavy (non-hydrogen) atoms. The molecule has 0 heterocycles. The first-order chi connectivity index (χ1) is 16.7. The van der Waals surface area contributed by atoms with Crippen molar-refractivity contribution in [2.75, 3.05) is 0 Å². The van der Waals surface area contributed by atoms with Gasteiger partial charge in [0.1, 0.15) is 17.7 Å². The zero-order valence-electron chi connectivity index (χ0n) is 21.0. The number of halogens is 1. The molecule has 1 aliphatic rings. The zero-order valence-corrected chi connectivity index (χ0v) is 21.0. The van der Waals surface area contributed by atoms with Crippen molar-refractivity contribution in [1.29, 1.82) is 0 Å². The molecule has 1 aliphatic carbocycles. The van der Waals surface area contributed by atoms with Crippen LogP contribution >= 0.6 is 0 Å². The number of hydrogen-bond acceptors (Lipinski definition) is 3. The van der Waals surface area contributed by atoms with Crippen molar-refractivity contribution >= 4 is 23.2 Å². The van der Waals surface area contributed by atoms with E-state index in [2.05, 4.69) is 12.1 Å². The van der Waals surface area contributed by atoms with Gasteiger partial charge in [-0.1, -0.05) is 54.6 Å². The number of carbonyl (C=O) groups is 2. The van der Waals surface area contributed by atoms with Gasteiger partial charge in [0.05, 0.1) is 6.04 Å². The molecule has 0 aliphatic heterocycles. The van der Waals surface area contributed by atoms with Gasteiger partial charge in [0, 0.05) is 17.8 Å². The lowest BCUT2D eigenvalue weighted by atomic mass is 9.95. The minimum Gasteiger partial charge on any atom is -0.444 e. The molecule has 0 N–H and O–H groups in total. The van der Waals surface area contributed by atoms with Gasteiger partial charge in [-0.3, -0.25) is 4.90 Å². The predicted octanol–water partition coefficient (Wildman–Crippen LogP) is 7.35. The molecule has 1 fully saturated rings. The van der Waals surface area contributed by atoms with Gasteiger partial charge in [-0.2, -0.15) is 0 Å². The largest absolute Gasteiger partial charge is 0.444 e. The van der Waals surface area contributed by atoms with E-state index in [1.54, 1.807) is 12.1 Å². The van der Waals surface area contributed by atoms with Crippen LogP contribution < -0.4 is 0 Å². The third kappa shape index (κ3) is 5.55. The van der Waals surface area contributed by atoms with Crippen LogP contribution in [0, 0.1) is 5.82 Å². The van der Waals surface area contributed by atoms with Gasteiger partial charge >= 0.3 is 6.09 Å². The number of amides is 1. The molecule has 0 saturated heterocycles. The molecule has 1 amide bonds. The van der Waals surface area contributed by atoms with Crippen molar-refractivity contribution in [1.82, 2.24) is 4.90 Å². The number of benzene rings is 3. The summed E-state index contributed by atoms with van der Waals surface area (Å²) in [5, 5.41) is 1.37. The second-order valence-electron chi connectivity index (χ2n) is 10.5. The molecule has 0 bridgehead atoms. The van der Waals surface area contributed by atoms with Gasteiger partial charge in [0.25, 0.3) is 0 Å². The number of hydrogen-bond donors (Lipinski definition) is 0. The van der Waals surface area contributed by atoms with Crippen LogP contribution in [0.1, 0.15) is 75.6 Å². The van der Waals surface area contributed by atoms with E-state index in [4.69, 9.17) is 4.74 Å². The van der Waals surface area contributed by atoms with Crippen molar-refractivity contribution in [2.24, 2.45) is 0 Å². The number of fused-ring (bicyclic) bond motifs is 1. The van der Waals surface area contributed by atoms with Gasteiger partial charge in [0.2, 0.25) is 0 Å². The zero-order chi connectivity index (χ0) is 25.2. The highest BCUT2D eigenvalue weighted by Gasteiger charge is 2.38. The minimum atomic E-state index is -0.619. The summed E-state index contributed by atoms with van der Waals surface area (Å²) in [6.07, 6.45) is 3.65. The molecular weight excluding hydrogens is 441 g/mol. The molecule has 1 saturated carbocycles. The highest BCUT2D eigenvalue weighted by molar-refractivity contribution is 5.87. The Kier molecular flexibility index (Phi) is 7.25. The monoisotopic (exact) mass is 475 g/mol. The molecule has 0 aromatic heterocycles. The summed E-state index contributed by atoms with van der Waals surface area (Å²) >= 11 is 0. The van der Waals surface area contributed by atoms with Crippen LogP contribution in [0.5, 0.6) is 0 Å². The molecular formula is C30H34FNO3. The molecule has 3 aromatic carbocycles. The molecule has 3 aromatic rings. The average Bonchev–Trinajstić information content (AvgIpc) is 3.28. The van der Waals surface area contributed by atoms with Crippen molar-refractivity contribution in [3.63, 3.8) is 0 Å². The lowest BCUT2D eigenvalue weighted by Gasteiger charge is -2.37. The van der Waals surface area contributed by atoms with Crippen LogP contribution in [-0.4, -0.2) is 28.9 Å². The van der Waals surface area contributed by atoms with Crippen LogP contribution in [0.3, 0.4) is 0 Å². The van der Waals surface area contributed by atoms with Gasteiger partial charge in [-0.05, 0) is 81.0 Å². The summed E-state index contributed by atoms with van der Waals surface area (Å²) in [4.78, 5) is 26.2. The first-order valence-corrected chi connectivity index (χ1v) is 12.4. The van der Waals surface area contributed by atoms with Crippen LogP contribution in [-0.2, 0) is 16.0 Å². The van der Waals surface area contributed by atoms with E-state index in [0.717, 1.165) is 42.1 Å². The Morgan fingerprint density at radius 3 is 2.40 bits per heavy atom. The molecule has 0 radical (unpaired) electrons. The first kappa shape index (κ1) is 24.9. The maximum absolute atomic E-state index is 14.5. The average molecular weight is 476 g/mol. The van der Waals surface area contributed by atoms with Crippen molar-refractivity contribution < 1.29 is 18.7 Å². The molecule has 5 heteroatoms. The Bertz CT molecular complexity index is 1200. The van der Waals surface area contributed by atoms with Gasteiger partial charge < -0.3 is 9.53 Å². The van der Waals surface area contributed by atoms with Crippen molar-refractivity contribution in [3.05, 3.63) is 83.2 Å². The topological polar surface area (TPSA) is 46.6 Å². The number of ether oxygens (including phenoxy) is 1. The van der Waals surface area contributed by atoms with E-state index in [0.29, 0.717) is 17.7 Å². The van der Waals surface area contributed by atoms with Crippen LogP contribution in [0.2, 0.25) is 0 Å². The molecule has 184 valence electrons. The fourth-order valence-corrected chi connectivity index (χ4v) is 5.27. The Balaban J connectivity index is 1.64. The first-order valence-electron chi connectivity index (χ1n) is 12.4. The lowest BCUT2D eigenvalue weighted by Crippen LogP contribution is -2.44. The van der Waals surface area contributed by atoms with E-state index in [1.165, 1.54) is 11.6 Å². The third-order valence-electron chi connectivity index (χ3n) is 6.94. The van der Waals surface area contributed by atoms with Crippen molar-refractivity contribution in [2.45, 2.75) is 77.0 Å². The van der Waals surface area contributed by atoms with E-state index < -0.39 is 5.60 Å². The maximum Gasteiger partial charge on any atom is 0.411 e. The Labute approximate surface area is 207 Å². The minimum absolute atomic E-state index is 0.00307. The Hall–Kier alpha value is -3.21. The van der Waals surface area contributed by atoms with Gasteiger partial charge in [-0.25, -0.2) is 9.18 Å². The fourth-order valence-electron chi connectivity index (χ4n) is 5.27. The summed E-state index contributed by atoms with van der Waals surface area (Å²) in [7, 11) is 0. The highest BCUT2D eigenvalue weighted by atomic mass is 19.1. The van der Waals surface area contributed by atoms with Gasteiger partial charge in [0.15, 0.2) is 0 Å². The summed E-state index contributed by atoms with van der Waals surface area (Å²) in [5.41, 5.74) is 2.53. The summed E-state index contributed by atoms with van der Waals surface area (Å²) in [5.74, 6) is 0.0618. The molecule has 0 unspecified atom stereocenters. The summed E-state index contributed by atoms with van der Waals surface area (Å²) < 4.78 is 20.4. The van der Waals surface area contributed by atoms with E-state index in [-0.39, 0.29) is 24.0 Å². The lowest BCUT2D eigenvalue weighted by molar-refractivity contribution is -0.107. The molecule has 3 atom stereocenters. The molecule has 4 rings (SSSR count). The smallest absolute Gasteiger partial charge is 0.411 e. The summed E-state index contributed by atoms with van der Waals surface area (Å²) in [6.45, 7) is 7.63. The second-order valence-corrected chi connectivity index (χ2v) is 10.5. The molecule has 0 spiro atoms. The predicted molar refractivity (Wildman–Crippen MR) is 137 cm³/mol. The Morgan fingerprint density at radius 1 is 1.06 bits per heavy atom. The standard InChI is InChI=1S/C30H34FNO3/c1-20(25-15-16-28(31)27-8-6-5-7-26(25)27)32(29(34)35-30(2,3)4)24-14-13-23(19-24)22-11-9-21(10-12-22)17-18-33/h5-12,15-16,18,20,23-24H,13-14,17,19H2,1-4H3/t20-,23-,24+/m1/s1. The quantitative estimate of drug-likeness (QED) is 0.350. The van der Waals surface area contributed by atoms with Crippen molar-refractivity contribution in [3.8, 4) is 0 Å². The van der Waals surface area contributed by atoms with Crippen LogP contribution in [0.25, 0.3) is 10.8 Å². The number of carbonyl (C=O) groups excluding carboxylic acids is 2. The molecule has 4 nitrogen and oxygen atoms in total. The number of aldehydes is 1. The summed E-state index contributed by atoms with van der Waals surface area (Å²) in [6, 6.07) is 18.6. The second kappa shape index (κ2) is 10.2. The van der Waals surface area contributed by atoms with E-state index in [9.17, 15) is 14.0 Å². The van der Waals surface area contributed by atoms with Gasteiger partial charge in [-0.15, -0.1) is 0 Å². The normalized spacial score (nSPS) is 18.9. The fraction of sp³-hybridized carbons (Fsp3) is 0.400. The van der Waals surface area contributed by atoms with E-state index >= 15 is 0 Å². The van der Waals surface area contributed by atoms with Crippen LogP contribution in [0.15, 0.2) is 60.7 Å². The Morgan fingerprint density at radius 2 is 1.74 bits per heavy atom. The highest BCUT2D eigenvalue weighted by Crippen LogP contribution is 2.41.